The quantitative estimate of drug-likeness (QED) is 0.895. The standard InChI is InChI=1S/C15H14O3/c1-11-5-7-12(8-6-11)10-18-14-4-2-3-13(9-14)15(16)17/h2-9H,10H2,1H3,(H,16,17). The zero-order chi connectivity index (χ0) is 13.0. The monoisotopic (exact) mass is 242 g/mol. The van der Waals surface area contributed by atoms with Crippen molar-refractivity contribution < 1.29 is 14.6 Å². The first-order valence-electron chi connectivity index (χ1n) is 5.67. The van der Waals surface area contributed by atoms with Crippen LogP contribution >= 0.6 is 0 Å². The van der Waals surface area contributed by atoms with Crippen molar-refractivity contribution in [2.24, 2.45) is 0 Å². The van der Waals surface area contributed by atoms with Crippen LogP contribution < -0.4 is 4.74 Å². The number of aromatic carboxylic acids is 1. The Kier molecular flexibility index (Phi) is 3.63. The molecule has 0 aromatic heterocycles. The van der Waals surface area contributed by atoms with Gasteiger partial charge in [0.15, 0.2) is 0 Å². The molecule has 0 radical (unpaired) electrons. The van der Waals surface area contributed by atoms with E-state index in [0.717, 1.165) is 5.56 Å². The Morgan fingerprint density at radius 3 is 2.56 bits per heavy atom. The van der Waals surface area contributed by atoms with Crippen molar-refractivity contribution in [3.8, 4) is 5.75 Å². The van der Waals surface area contributed by atoms with E-state index in [0.29, 0.717) is 12.4 Å². The molecule has 0 spiro atoms. The zero-order valence-electron chi connectivity index (χ0n) is 10.1. The van der Waals surface area contributed by atoms with E-state index < -0.39 is 5.97 Å². The number of hydrogen-bond acceptors (Lipinski definition) is 2. The van der Waals surface area contributed by atoms with Crippen molar-refractivity contribution in [2.45, 2.75) is 13.5 Å². The number of carbonyl (C=O) groups is 1. The second-order valence-electron chi connectivity index (χ2n) is 4.11. The Balaban J connectivity index is 2.04. The Labute approximate surface area is 106 Å². The average molecular weight is 242 g/mol. The highest BCUT2D eigenvalue weighted by molar-refractivity contribution is 5.87. The number of aryl methyl sites for hydroxylation is 1. The van der Waals surface area contributed by atoms with Crippen molar-refractivity contribution in [1.82, 2.24) is 0 Å². The van der Waals surface area contributed by atoms with Crippen LogP contribution in [0.4, 0.5) is 0 Å². The van der Waals surface area contributed by atoms with Gasteiger partial charge in [-0.25, -0.2) is 4.79 Å². The smallest absolute Gasteiger partial charge is 0.335 e. The highest BCUT2D eigenvalue weighted by Gasteiger charge is 2.03. The SMILES string of the molecule is Cc1ccc(COc2cccc(C(=O)O)c2)cc1. The fraction of sp³-hybridized carbons (Fsp3) is 0.133. The lowest BCUT2D eigenvalue weighted by Gasteiger charge is -2.07. The summed E-state index contributed by atoms with van der Waals surface area (Å²) in [6, 6.07) is 14.5. The van der Waals surface area contributed by atoms with Gasteiger partial charge in [0.2, 0.25) is 0 Å². The summed E-state index contributed by atoms with van der Waals surface area (Å²) >= 11 is 0. The van der Waals surface area contributed by atoms with Crippen LogP contribution in [0, 0.1) is 6.92 Å². The van der Waals surface area contributed by atoms with Gasteiger partial charge in [-0.1, -0.05) is 35.9 Å². The predicted molar refractivity (Wildman–Crippen MR) is 68.9 cm³/mol. The first-order chi connectivity index (χ1) is 8.65. The molecule has 0 saturated heterocycles. The van der Waals surface area contributed by atoms with Gasteiger partial charge in [0.1, 0.15) is 12.4 Å². The summed E-state index contributed by atoms with van der Waals surface area (Å²) in [5, 5.41) is 8.87. The largest absolute Gasteiger partial charge is 0.489 e. The summed E-state index contributed by atoms with van der Waals surface area (Å²) in [6.07, 6.45) is 0. The third-order valence-electron chi connectivity index (χ3n) is 2.61. The van der Waals surface area contributed by atoms with Crippen molar-refractivity contribution in [1.29, 1.82) is 0 Å². The number of hydrogen-bond donors (Lipinski definition) is 1. The Bertz CT molecular complexity index is 544. The van der Waals surface area contributed by atoms with Crippen molar-refractivity contribution >= 4 is 5.97 Å². The van der Waals surface area contributed by atoms with Crippen molar-refractivity contribution in [2.75, 3.05) is 0 Å². The number of carboxylic acid groups (broad SMARTS) is 1. The molecule has 0 aliphatic rings. The van der Waals surface area contributed by atoms with Crippen LogP contribution in [-0.4, -0.2) is 11.1 Å². The molecule has 18 heavy (non-hydrogen) atoms. The van der Waals surface area contributed by atoms with Gasteiger partial charge in [-0.3, -0.25) is 0 Å². The summed E-state index contributed by atoms with van der Waals surface area (Å²) < 4.78 is 5.56. The normalized spacial score (nSPS) is 10.1. The van der Waals surface area contributed by atoms with Gasteiger partial charge in [-0.2, -0.15) is 0 Å². The maximum atomic E-state index is 10.8. The minimum absolute atomic E-state index is 0.233. The van der Waals surface area contributed by atoms with Crippen LogP contribution in [-0.2, 0) is 6.61 Å². The summed E-state index contributed by atoms with van der Waals surface area (Å²) in [6.45, 7) is 2.46. The zero-order valence-corrected chi connectivity index (χ0v) is 10.1. The number of benzene rings is 2. The maximum Gasteiger partial charge on any atom is 0.335 e. The average Bonchev–Trinajstić information content (AvgIpc) is 2.38. The van der Waals surface area contributed by atoms with E-state index in [4.69, 9.17) is 9.84 Å². The van der Waals surface area contributed by atoms with Crippen LogP contribution in [0.25, 0.3) is 0 Å². The Morgan fingerprint density at radius 1 is 1.17 bits per heavy atom. The van der Waals surface area contributed by atoms with E-state index in [2.05, 4.69) is 0 Å². The highest BCUT2D eigenvalue weighted by Crippen LogP contribution is 2.15. The number of carboxylic acids is 1. The lowest BCUT2D eigenvalue weighted by Crippen LogP contribution is -1.99. The van der Waals surface area contributed by atoms with E-state index in [-0.39, 0.29) is 5.56 Å². The minimum atomic E-state index is -0.948. The number of rotatable bonds is 4. The molecular formula is C15H14O3. The fourth-order valence-electron chi connectivity index (χ4n) is 1.57. The van der Waals surface area contributed by atoms with Gasteiger partial charge in [-0.05, 0) is 30.7 Å². The van der Waals surface area contributed by atoms with Gasteiger partial charge >= 0.3 is 5.97 Å². The van der Waals surface area contributed by atoms with Crippen LogP contribution in [0.5, 0.6) is 5.75 Å². The van der Waals surface area contributed by atoms with Crippen LogP contribution in [0.1, 0.15) is 21.5 Å². The lowest BCUT2D eigenvalue weighted by molar-refractivity contribution is 0.0696. The van der Waals surface area contributed by atoms with E-state index in [9.17, 15) is 4.79 Å². The first-order valence-corrected chi connectivity index (χ1v) is 5.67. The molecule has 0 aliphatic heterocycles. The molecule has 0 aliphatic carbocycles. The van der Waals surface area contributed by atoms with Crippen molar-refractivity contribution in [3.63, 3.8) is 0 Å². The molecule has 3 nitrogen and oxygen atoms in total. The van der Waals surface area contributed by atoms with E-state index in [1.807, 2.05) is 31.2 Å². The summed E-state index contributed by atoms with van der Waals surface area (Å²) in [7, 11) is 0. The van der Waals surface area contributed by atoms with E-state index in [1.54, 1.807) is 18.2 Å². The second kappa shape index (κ2) is 5.36. The van der Waals surface area contributed by atoms with Crippen LogP contribution in [0.15, 0.2) is 48.5 Å². The van der Waals surface area contributed by atoms with Crippen molar-refractivity contribution in [3.05, 3.63) is 65.2 Å². The topological polar surface area (TPSA) is 46.5 Å². The molecule has 0 bridgehead atoms. The third-order valence-corrected chi connectivity index (χ3v) is 2.61. The molecule has 0 unspecified atom stereocenters. The third kappa shape index (κ3) is 3.10. The van der Waals surface area contributed by atoms with Gasteiger partial charge < -0.3 is 9.84 Å². The molecule has 2 aromatic carbocycles. The summed E-state index contributed by atoms with van der Waals surface area (Å²) in [5.74, 6) is -0.383. The van der Waals surface area contributed by atoms with Gasteiger partial charge in [0.05, 0.1) is 5.56 Å². The molecule has 2 aromatic rings. The molecule has 0 fully saturated rings. The minimum Gasteiger partial charge on any atom is -0.489 e. The fourth-order valence-corrected chi connectivity index (χ4v) is 1.57. The molecule has 0 amide bonds. The Morgan fingerprint density at radius 2 is 1.89 bits per heavy atom. The molecule has 0 heterocycles. The predicted octanol–water partition coefficient (Wildman–Crippen LogP) is 3.27. The van der Waals surface area contributed by atoms with Gasteiger partial charge in [0.25, 0.3) is 0 Å². The van der Waals surface area contributed by atoms with E-state index >= 15 is 0 Å². The molecular weight excluding hydrogens is 228 g/mol. The highest BCUT2D eigenvalue weighted by atomic mass is 16.5. The van der Waals surface area contributed by atoms with Crippen LogP contribution in [0.3, 0.4) is 0 Å². The molecule has 0 atom stereocenters. The molecule has 3 heteroatoms. The van der Waals surface area contributed by atoms with Crippen LogP contribution in [0.2, 0.25) is 0 Å². The summed E-state index contributed by atoms with van der Waals surface area (Å²) in [5.41, 5.74) is 2.49. The number of ether oxygens (including phenoxy) is 1. The lowest BCUT2D eigenvalue weighted by atomic mass is 10.2. The molecule has 0 saturated carbocycles. The molecule has 2 rings (SSSR count). The summed E-state index contributed by atoms with van der Waals surface area (Å²) in [4.78, 5) is 10.8. The molecule has 1 N–H and O–H groups in total. The molecule has 92 valence electrons. The Hall–Kier alpha value is -2.29. The van der Waals surface area contributed by atoms with Gasteiger partial charge in [-0.15, -0.1) is 0 Å². The second-order valence-corrected chi connectivity index (χ2v) is 4.11. The van der Waals surface area contributed by atoms with Gasteiger partial charge in [0, 0.05) is 0 Å². The maximum absolute atomic E-state index is 10.8. The first kappa shape index (κ1) is 12.2. The van der Waals surface area contributed by atoms with E-state index in [1.165, 1.54) is 11.6 Å².